The van der Waals surface area contributed by atoms with E-state index in [1.807, 2.05) is 121 Å². The summed E-state index contributed by atoms with van der Waals surface area (Å²) in [6, 6.07) is 39.7. The van der Waals surface area contributed by atoms with Gasteiger partial charge in [-0.3, -0.25) is 0 Å². The first kappa shape index (κ1) is 28.2. The molecule has 5 atom stereocenters. The van der Waals surface area contributed by atoms with Crippen molar-refractivity contribution in [2.24, 2.45) is 0 Å². The molecule has 0 bridgehead atoms. The van der Waals surface area contributed by atoms with Gasteiger partial charge in [0.1, 0.15) is 24.4 Å². The Hall–Kier alpha value is -3.36. The first-order chi connectivity index (χ1) is 19.8. The molecule has 1 aliphatic heterocycles. The van der Waals surface area contributed by atoms with E-state index in [9.17, 15) is 5.11 Å². The molecule has 1 N–H and O–H groups in total. The molecule has 0 aromatic heterocycles. The molecule has 40 heavy (non-hydrogen) atoms. The number of ether oxygens (including phenoxy) is 5. The Kier molecular flexibility index (Phi) is 10.5. The fourth-order valence-electron chi connectivity index (χ4n) is 4.77. The van der Waals surface area contributed by atoms with Crippen LogP contribution in [-0.4, -0.2) is 42.4 Å². The van der Waals surface area contributed by atoms with Crippen LogP contribution in [0.25, 0.3) is 0 Å². The average molecular weight is 541 g/mol. The van der Waals surface area contributed by atoms with Gasteiger partial charge in [0.25, 0.3) is 0 Å². The Morgan fingerprint density at radius 3 is 1.30 bits per heavy atom. The van der Waals surface area contributed by atoms with E-state index in [0.29, 0.717) is 26.4 Å². The molecular formula is C34H36O6. The number of hydrogen-bond acceptors (Lipinski definition) is 6. The van der Waals surface area contributed by atoms with Crippen LogP contribution in [0, 0.1) is 0 Å². The molecule has 5 rings (SSSR count). The Balaban J connectivity index is 1.36. The molecule has 0 aliphatic carbocycles. The summed E-state index contributed by atoms with van der Waals surface area (Å²) in [5, 5.41) is 11.2. The van der Waals surface area contributed by atoms with Gasteiger partial charge in [-0.2, -0.15) is 0 Å². The summed E-state index contributed by atoms with van der Waals surface area (Å²) >= 11 is 0. The van der Waals surface area contributed by atoms with Gasteiger partial charge < -0.3 is 28.8 Å². The lowest BCUT2D eigenvalue weighted by Gasteiger charge is -2.44. The molecule has 6 heteroatoms. The number of aliphatic hydroxyl groups excluding tert-OH is 1. The van der Waals surface area contributed by atoms with Crippen LogP contribution in [0.15, 0.2) is 121 Å². The predicted molar refractivity (Wildman–Crippen MR) is 152 cm³/mol. The van der Waals surface area contributed by atoms with Crippen LogP contribution < -0.4 is 0 Å². The Bertz CT molecular complexity index is 1240. The largest absolute Gasteiger partial charge is 0.374 e. The summed E-state index contributed by atoms with van der Waals surface area (Å²) in [4.78, 5) is 0. The van der Waals surface area contributed by atoms with Crippen molar-refractivity contribution in [2.45, 2.75) is 57.1 Å². The fraction of sp³-hybridized carbons (Fsp3) is 0.294. The van der Waals surface area contributed by atoms with E-state index in [2.05, 4.69) is 0 Å². The van der Waals surface area contributed by atoms with Crippen molar-refractivity contribution < 1.29 is 28.8 Å². The van der Waals surface area contributed by atoms with E-state index in [1.165, 1.54) is 0 Å². The topological polar surface area (TPSA) is 66.4 Å². The first-order valence-electron chi connectivity index (χ1n) is 13.7. The molecule has 4 aromatic carbocycles. The summed E-state index contributed by atoms with van der Waals surface area (Å²) < 4.78 is 31.4. The summed E-state index contributed by atoms with van der Waals surface area (Å²) in [5.41, 5.74) is 4.10. The first-order valence-corrected chi connectivity index (χ1v) is 13.7. The molecule has 2 unspecified atom stereocenters. The predicted octanol–water partition coefficient (Wildman–Crippen LogP) is 5.68. The molecule has 0 radical (unpaired) electrons. The van der Waals surface area contributed by atoms with E-state index < -0.39 is 30.7 Å². The smallest absolute Gasteiger partial charge is 0.184 e. The second-order valence-corrected chi connectivity index (χ2v) is 9.85. The monoisotopic (exact) mass is 540 g/mol. The van der Waals surface area contributed by atoms with E-state index in [-0.39, 0.29) is 6.61 Å². The molecule has 1 saturated heterocycles. The van der Waals surface area contributed by atoms with Crippen LogP contribution in [0.3, 0.4) is 0 Å². The third kappa shape index (κ3) is 8.08. The molecule has 1 heterocycles. The van der Waals surface area contributed by atoms with Crippen LogP contribution in [-0.2, 0) is 50.1 Å². The molecular weight excluding hydrogens is 504 g/mol. The van der Waals surface area contributed by atoms with E-state index in [0.717, 1.165) is 22.3 Å². The maximum atomic E-state index is 11.2. The van der Waals surface area contributed by atoms with Gasteiger partial charge in [-0.05, 0) is 22.3 Å². The third-order valence-corrected chi connectivity index (χ3v) is 6.86. The molecule has 4 aromatic rings. The van der Waals surface area contributed by atoms with E-state index in [4.69, 9.17) is 23.7 Å². The highest BCUT2D eigenvalue weighted by atomic mass is 16.7. The molecule has 1 fully saturated rings. The van der Waals surface area contributed by atoms with Gasteiger partial charge in [-0.15, -0.1) is 0 Å². The maximum Gasteiger partial charge on any atom is 0.184 e. The minimum atomic E-state index is -1.22. The minimum absolute atomic E-state index is 0.224. The van der Waals surface area contributed by atoms with Crippen LogP contribution >= 0.6 is 0 Å². The summed E-state index contributed by atoms with van der Waals surface area (Å²) in [6.07, 6.45) is -3.72. The average Bonchev–Trinajstić information content (AvgIpc) is 3.01. The summed E-state index contributed by atoms with van der Waals surface area (Å²) in [6.45, 7) is 1.65. The van der Waals surface area contributed by atoms with Crippen LogP contribution in [0.4, 0.5) is 0 Å². The summed E-state index contributed by atoms with van der Waals surface area (Å²) in [5.74, 6) is 0. The Labute approximate surface area is 236 Å². The Morgan fingerprint density at radius 2 is 0.850 bits per heavy atom. The zero-order chi connectivity index (χ0) is 27.4. The van der Waals surface area contributed by atoms with Gasteiger partial charge in [0.15, 0.2) is 6.29 Å². The standard InChI is InChI=1S/C34H36O6/c35-34-33(39-24-29-19-11-4-12-20-29)32(38-23-28-17-9-3-10-18-28)31(37-22-27-15-7-2-8-16-27)30(40-34)25-36-21-26-13-5-1-6-14-26/h1-20,30-35H,21-25H2/t30?,31-,32+,33+,34?/m1/s1. The number of benzene rings is 4. The SMILES string of the molecule is OC1OC(COCc2ccccc2)[C@@H](OCc2ccccc2)[C@H](OCc2ccccc2)[C@@H]1OCc1ccccc1. The molecule has 6 nitrogen and oxygen atoms in total. The van der Waals surface area contributed by atoms with Crippen molar-refractivity contribution in [3.05, 3.63) is 144 Å². The molecule has 0 saturated carbocycles. The van der Waals surface area contributed by atoms with Crippen LogP contribution in [0.2, 0.25) is 0 Å². The lowest BCUT2D eigenvalue weighted by Crippen LogP contribution is -2.61. The van der Waals surface area contributed by atoms with Crippen LogP contribution in [0.5, 0.6) is 0 Å². The normalized spacial score (nSPS) is 22.7. The molecule has 1 aliphatic rings. The zero-order valence-corrected chi connectivity index (χ0v) is 22.5. The number of hydrogen-bond donors (Lipinski definition) is 1. The van der Waals surface area contributed by atoms with Crippen LogP contribution in [0.1, 0.15) is 22.3 Å². The molecule has 0 spiro atoms. The van der Waals surface area contributed by atoms with Gasteiger partial charge in [0.2, 0.25) is 0 Å². The van der Waals surface area contributed by atoms with E-state index in [1.54, 1.807) is 0 Å². The van der Waals surface area contributed by atoms with Crippen molar-refractivity contribution in [3.63, 3.8) is 0 Å². The lowest BCUT2D eigenvalue weighted by molar-refractivity contribution is -0.317. The lowest BCUT2D eigenvalue weighted by atomic mass is 9.98. The highest BCUT2D eigenvalue weighted by Crippen LogP contribution is 2.30. The number of rotatable bonds is 13. The molecule has 0 amide bonds. The van der Waals surface area contributed by atoms with Crippen molar-refractivity contribution in [3.8, 4) is 0 Å². The zero-order valence-electron chi connectivity index (χ0n) is 22.5. The van der Waals surface area contributed by atoms with Crippen molar-refractivity contribution in [1.82, 2.24) is 0 Å². The Morgan fingerprint density at radius 1 is 0.475 bits per heavy atom. The minimum Gasteiger partial charge on any atom is -0.374 e. The second kappa shape index (κ2) is 14.9. The molecule has 208 valence electrons. The van der Waals surface area contributed by atoms with Crippen molar-refractivity contribution in [2.75, 3.05) is 6.61 Å². The van der Waals surface area contributed by atoms with E-state index >= 15 is 0 Å². The van der Waals surface area contributed by atoms with Crippen molar-refractivity contribution >= 4 is 0 Å². The third-order valence-electron chi connectivity index (χ3n) is 6.86. The maximum absolute atomic E-state index is 11.2. The van der Waals surface area contributed by atoms with Gasteiger partial charge in [0, 0.05) is 0 Å². The highest BCUT2D eigenvalue weighted by molar-refractivity contribution is 5.16. The van der Waals surface area contributed by atoms with Gasteiger partial charge in [-0.1, -0.05) is 121 Å². The quantitative estimate of drug-likeness (QED) is 0.236. The summed E-state index contributed by atoms with van der Waals surface area (Å²) in [7, 11) is 0. The van der Waals surface area contributed by atoms with Gasteiger partial charge in [0.05, 0.1) is 33.0 Å². The second-order valence-electron chi connectivity index (χ2n) is 9.85. The fourth-order valence-corrected chi connectivity index (χ4v) is 4.77. The number of aliphatic hydroxyl groups is 1. The van der Waals surface area contributed by atoms with Crippen molar-refractivity contribution in [1.29, 1.82) is 0 Å². The van der Waals surface area contributed by atoms with Gasteiger partial charge >= 0.3 is 0 Å². The van der Waals surface area contributed by atoms with Gasteiger partial charge in [-0.25, -0.2) is 0 Å². The highest BCUT2D eigenvalue weighted by Gasteiger charge is 2.48.